The van der Waals surface area contributed by atoms with Crippen molar-refractivity contribution >= 4 is 35.6 Å². The Morgan fingerprint density at radius 3 is 2.63 bits per heavy atom. The van der Waals surface area contributed by atoms with Gasteiger partial charge in [0.15, 0.2) is 0 Å². The molecule has 5 rings (SSSR count). The first-order valence-electron chi connectivity index (χ1n) is 11.2. The summed E-state index contributed by atoms with van der Waals surface area (Å²) in [6, 6.07) is 11.6. The molecule has 176 valence electrons. The van der Waals surface area contributed by atoms with Crippen LogP contribution >= 0.6 is 0 Å². The van der Waals surface area contributed by atoms with Gasteiger partial charge in [0.25, 0.3) is 11.8 Å². The molecule has 0 radical (unpaired) electrons. The van der Waals surface area contributed by atoms with Crippen molar-refractivity contribution in [1.82, 2.24) is 20.2 Å². The number of aromatic nitrogens is 2. The Kier molecular flexibility index (Phi) is 5.97. The molecule has 9 heteroatoms. The van der Waals surface area contributed by atoms with Crippen molar-refractivity contribution in [3.05, 3.63) is 83.4 Å². The monoisotopic (exact) mass is 469 g/mol. The number of benzene rings is 2. The highest BCUT2D eigenvalue weighted by Crippen LogP contribution is 2.30. The first kappa shape index (κ1) is 22.3. The fourth-order valence-electron chi connectivity index (χ4n) is 4.37. The first-order chi connectivity index (χ1) is 17.0. The molecule has 2 aliphatic heterocycles. The molecule has 0 spiro atoms. The third-order valence-corrected chi connectivity index (χ3v) is 6.16. The van der Waals surface area contributed by atoms with Crippen molar-refractivity contribution in [3.63, 3.8) is 0 Å². The zero-order valence-electron chi connectivity index (χ0n) is 19.0. The summed E-state index contributed by atoms with van der Waals surface area (Å²) in [5, 5.41) is 5.70. The van der Waals surface area contributed by atoms with Gasteiger partial charge in [-0.15, -0.1) is 0 Å². The van der Waals surface area contributed by atoms with Gasteiger partial charge in [-0.05, 0) is 41.8 Å². The first-order valence-corrected chi connectivity index (χ1v) is 11.2. The molecular weight excluding hydrogens is 446 g/mol. The van der Waals surface area contributed by atoms with Crippen molar-refractivity contribution in [2.75, 3.05) is 19.0 Å². The standard InChI is InChI=1S/C26H23N5O4/c1-35-18-7-4-16(5-8-18)2-3-17-6-9-20-19(14-17)26(34)31-13-10-21(23(31)25(33)29-20)30-24(32)22-15-27-11-12-28-22/h2-9,11-12,14-15,21,23H,10,13H2,1H3,(H,29,33)(H,30,32). The van der Waals surface area contributed by atoms with Gasteiger partial charge in [0.1, 0.15) is 17.5 Å². The lowest BCUT2D eigenvalue weighted by Gasteiger charge is -2.24. The van der Waals surface area contributed by atoms with E-state index in [9.17, 15) is 14.4 Å². The van der Waals surface area contributed by atoms with Crippen molar-refractivity contribution in [2.45, 2.75) is 18.5 Å². The Balaban J connectivity index is 1.36. The van der Waals surface area contributed by atoms with Crippen molar-refractivity contribution in [1.29, 1.82) is 0 Å². The number of hydrogen-bond donors (Lipinski definition) is 2. The quantitative estimate of drug-likeness (QED) is 0.556. The summed E-state index contributed by atoms with van der Waals surface area (Å²) in [4.78, 5) is 48.5. The maximum absolute atomic E-state index is 13.4. The summed E-state index contributed by atoms with van der Waals surface area (Å²) >= 11 is 0. The molecule has 3 amide bonds. The number of amides is 3. The molecule has 2 aliphatic rings. The van der Waals surface area contributed by atoms with Gasteiger partial charge in [-0.25, -0.2) is 4.98 Å². The van der Waals surface area contributed by atoms with Gasteiger partial charge in [-0.2, -0.15) is 0 Å². The molecule has 1 fully saturated rings. The largest absolute Gasteiger partial charge is 0.497 e. The Labute approximate surface area is 201 Å². The van der Waals surface area contributed by atoms with E-state index in [-0.39, 0.29) is 17.5 Å². The lowest BCUT2D eigenvalue weighted by Crippen LogP contribution is -2.51. The molecule has 0 bridgehead atoms. The fourth-order valence-corrected chi connectivity index (χ4v) is 4.37. The number of anilines is 1. The molecule has 2 atom stereocenters. The Hall–Kier alpha value is -4.53. The van der Waals surface area contributed by atoms with Crippen LogP contribution in [0.5, 0.6) is 5.75 Å². The second-order valence-electron chi connectivity index (χ2n) is 8.30. The van der Waals surface area contributed by atoms with Gasteiger partial charge in [0.2, 0.25) is 5.91 Å². The number of nitrogens with zero attached hydrogens (tertiary/aromatic N) is 3. The Morgan fingerprint density at radius 1 is 1.11 bits per heavy atom. The van der Waals surface area contributed by atoms with Crippen LogP contribution in [0.1, 0.15) is 38.4 Å². The predicted octanol–water partition coefficient (Wildman–Crippen LogP) is 2.62. The summed E-state index contributed by atoms with van der Waals surface area (Å²) < 4.78 is 5.18. The molecule has 9 nitrogen and oxygen atoms in total. The summed E-state index contributed by atoms with van der Waals surface area (Å²) in [5.74, 6) is -0.238. The van der Waals surface area contributed by atoms with E-state index in [2.05, 4.69) is 20.6 Å². The lowest BCUT2D eigenvalue weighted by molar-refractivity contribution is -0.120. The van der Waals surface area contributed by atoms with Gasteiger partial charge >= 0.3 is 0 Å². The number of ether oxygens (including phenoxy) is 1. The van der Waals surface area contributed by atoms with Crippen LogP contribution < -0.4 is 15.4 Å². The molecule has 2 aromatic carbocycles. The van der Waals surface area contributed by atoms with Crippen LogP contribution in [0.25, 0.3) is 12.2 Å². The number of carbonyl (C=O) groups excluding carboxylic acids is 3. The van der Waals surface area contributed by atoms with Crippen LogP contribution in [0.3, 0.4) is 0 Å². The number of rotatable bonds is 5. The van der Waals surface area contributed by atoms with Crippen LogP contribution in [0.4, 0.5) is 5.69 Å². The SMILES string of the molecule is COc1ccc(C=Cc2ccc3c(c2)C(=O)N2CCC(NC(=O)c4cnccn4)C2C(=O)N3)cc1. The molecule has 2 unspecified atom stereocenters. The van der Waals surface area contributed by atoms with Gasteiger partial charge in [-0.1, -0.05) is 30.4 Å². The van der Waals surface area contributed by atoms with Gasteiger partial charge in [-0.3, -0.25) is 19.4 Å². The van der Waals surface area contributed by atoms with E-state index in [1.54, 1.807) is 19.2 Å². The minimum absolute atomic E-state index is 0.155. The van der Waals surface area contributed by atoms with Crippen LogP contribution in [0.15, 0.2) is 61.1 Å². The molecule has 3 heterocycles. The minimum atomic E-state index is -0.811. The number of hydrogen-bond acceptors (Lipinski definition) is 6. The average molecular weight is 470 g/mol. The maximum atomic E-state index is 13.4. The molecule has 3 aromatic rings. The summed E-state index contributed by atoms with van der Waals surface area (Å²) in [6.45, 7) is 0.355. The third kappa shape index (κ3) is 4.48. The average Bonchev–Trinajstić information content (AvgIpc) is 3.27. The highest BCUT2D eigenvalue weighted by atomic mass is 16.5. The highest BCUT2D eigenvalue weighted by molar-refractivity contribution is 6.11. The second-order valence-corrected chi connectivity index (χ2v) is 8.30. The van der Waals surface area contributed by atoms with Crippen molar-refractivity contribution in [2.24, 2.45) is 0 Å². The molecule has 0 saturated carbocycles. The molecular formula is C26H23N5O4. The lowest BCUT2D eigenvalue weighted by atomic mass is 10.1. The highest BCUT2D eigenvalue weighted by Gasteiger charge is 2.45. The van der Waals surface area contributed by atoms with E-state index in [1.165, 1.54) is 23.5 Å². The van der Waals surface area contributed by atoms with Crippen molar-refractivity contribution in [3.8, 4) is 5.75 Å². The normalized spacial score (nSPS) is 19.1. The van der Waals surface area contributed by atoms with Crippen LogP contribution in [-0.4, -0.2) is 58.3 Å². The minimum Gasteiger partial charge on any atom is -0.497 e. The van der Waals surface area contributed by atoms with Gasteiger partial charge in [0.05, 0.1) is 30.6 Å². The topological polar surface area (TPSA) is 114 Å². The molecule has 1 aromatic heterocycles. The van der Waals surface area contributed by atoms with E-state index in [4.69, 9.17) is 4.74 Å². The van der Waals surface area contributed by atoms with E-state index in [0.29, 0.717) is 24.2 Å². The Morgan fingerprint density at radius 2 is 1.89 bits per heavy atom. The van der Waals surface area contributed by atoms with E-state index < -0.39 is 18.0 Å². The zero-order valence-corrected chi connectivity index (χ0v) is 19.0. The number of methoxy groups -OCH3 is 1. The summed E-state index contributed by atoms with van der Waals surface area (Å²) in [6.07, 6.45) is 8.57. The maximum Gasteiger partial charge on any atom is 0.271 e. The van der Waals surface area contributed by atoms with Crippen molar-refractivity contribution < 1.29 is 19.1 Å². The van der Waals surface area contributed by atoms with Crippen LogP contribution in [0.2, 0.25) is 0 Å². The number of nitrogens with one attached hydrogen (secondary N) is 2. The Bertz CT molecular complexity index is 1310. The second kappa shape index (κ2) is 9.38. The van der Waals surface area contributed by atoms with Gasteiger partial charge in [0, 0.05) is 18.9 Å². The van der Waals surface area contributed by atoms with E-state index in [1.807, 2.05) is 42.5 Å². The summed E-state index contributed by atoms with van der Waals surface area (Å²) in [5.41, 5.74) is 2.84. The third-order valence-electron chi connectivity index (χ3n) is 6.16. The number of carbonyl (C=O) groups is 3. The molecule has 2 N–H and O–H groups in total. The van der Waals surface area contributed by atoms with Crippen LogP contribution in [-0.2, 0) is 4.79 Å². The van der Waals surface area contributed by atoms with E-state index in [0.717, 1.165) is 16.9 Å². The van der Waals surface area contributed by atoms with E-state index >= 15 is 0 Å². The predicted molar refractivity (Wildman–Crippen MR) is 130 cm³/mol. The van der Waals surface area contributed by atoms with Crippen LogP contribution in [0, 0.1) is 0 Å². The zero-order chi connectivity index (χ0) is 24.4. The fraction of sp³-hybridized carbons (Fsp3) is 0.192. The summed E-state index contributed by atoms with van der Waals surface area (Å²) in [7, 11) is 1.62. The molecule has 35 heavy (non-hydrogen) atoms. The molecule has 0 aliphatic carbocycles. The number of fused-ring (bicyclic) bond motifs is 2. The van der Waals surface area contributed by atoms with Gasteiger partial charge < -0.3 is 20.3 Å². The molecule has 1 saturated heterocycles. The smallest absolute Gasteiger partial charge is 0.271 e.